The van der Waals surface area contributed by atoms with Crippen LogP contribution in [0.15, 0.2) is 103 Å². The third kappa shape index (κ3) is 4.30. The minimum Gasteiger partial charge on any atom is -0.457 e. The highest BCUT2D eigenvalue weighted by Crippen LogP contribution is 2.89. The molecule has 5 aromatic rings. The quantitative estimate of drug-likeness (QED) is 0.181. The number of ether oxygens (including phenoxy) is 1. The van der Waals surface area contributed by atoms with Crippen LogP contribution in [0.25, 0.3) is 11.1 Å². The van der Waals surface area contributed by atoms with E-state index in [1.54, 1.807) is 0 Å². The second-order valence-corrected chi connectivity index (χ2v) is 22.7. The highest BCUT2D eigenvalue weighted by Gasteiger charge is 2.84. The zero-order valence-corrected chi connectivity index (χ0v) is 36.1. The van der Waals surface area contributed by atoms with Gasteiger partial charge in [0, 0.05) is 28.3 Å². The molecule has 0 N–H and O–H groups in total. The van der Waals surface area contributed by atoms with E-state index in [2.05, 4.69) is 163 Å². The normalized spacial score (nSPS) is 31.4. The molecule has 6 atom stereocenters. The van der Waals surface area contributed by atoms with Gasteiger partial charge in [-0.05, 0) is 160 Å². The van der Waals surface area contributed by atoms with E-state index in [9.17, 15) is 0 Å². The Morgan fingerprint density at radius 1 is 0.517 bits per heavy atom. The van der Waals surface area contributed by atoms with Crippen LogP contribution in [0, 0.1) is 29.1 Å². The van der Waals surface area contributed by atoms with Crippen molar-refractivity contribution in [2.45, 2.75) is 134 Å². The van der Waals surface area contributed by atoms with Crippen molar-refractivity contribution in [2.24, 2.45) is 29.1 Å². The summed E-state index contributed by atoms with van der Waals surface area (Å²) in [6.45, 7) is 19.8. The van der Waals surface area contributed by atoms with Crippen LogP contribution in [-0.2, 0) is 27.1 Å². The van der Waals surface area contributed by atoms with Gasteiger partial charge in [0.25, 0.3) is 0 Å². The number of benzene rings is 5. The maximum Gasteiger partial charge on any atom is 0.133 e. The van der Waals surface area contributed by atoms with Gasteiger partial charge in [-0.2, -0.15) is 0 Å². The molecule has 6 aliphatic carbocycles. The first kappa shape index (κ1) is 35.6. The Balaban J connectivity index is 1.11. The highest BCUT2D eigenvalue weighted by molar-refractivity contribution is 5.86. The Hall–Kier alpha value is -4.30. The van der Waals surface area contributed by atoms with Crippen LogP contribution in [0.3, 0.4) is 0 Å². The number of anilines is 3. The molecule has 296 valence electrons. The largest absolute Gasteiger partial charge is 0.457 e. The zero-order valence-electron chi connectivity index (χ0n) is 36.1. The van der Waals surface area contributed by atoms with E-state index in [-0.39, 0.29) is 27.1 Å². The van der Waals surface area contributed by atoms with Crippen molar-refractivity contribution < 1.29 is 4.74 Å². The molecule has 0 radical (unpaired) electrons. The lowest BCUT2D eigenvalue weighted by Crippen LogP contribution is -2.74. The molecular formula is C56H61NO. The average Bonchev–Trinajstić information content (AvgIpc) is 3.74. The number of hydrogen-bond donors (Lipinski definition) is 0. The van der Waals surface area contributed by atoms with Crippen LogP contribution in [0.1, 0.15) is 140 Å². The molecule has 2 bridgehead atoms. The highest BCUT2D eigenvalue weighted by atomic mass is 16.5. The van der Waals surface area contributed by atoms with Gasteiger partial charge in [0.15, 0.2) is 0 Å². The molecule has 6 unspecified atom stereocenters. The van der Waals surface area contributed by atoms with Crippen molar-refractivity contribution >= 4 is 17.1 Å². The van der Waals surface area contributed by atoms with E-state index in [1.807, 2.05) is 0 Å². The second-order valence-electron chi connectivity index (χ2n) is 22.7. The van der Waals surface area contributed by atoms with E-state index >= 15 is 0 Å². The van der Waals surface area contributed by atoms with Gasteiger partial charge in [0.2, 0.25) is 0 Å². The third-order valence-electron chi connectivity index (χ3n) is 18.0. The molecular weight excluding hydrogens is 703 g/mol. The third-order valence-corrected chi connectivity index (χ3v) is 18.0. The molecule has 7 aliphatic rings. The number of rotatable bonds is 4. The summed E-state index contributed by atoms with van der Waals surface area (Å²) in [4.78, 5) is 2.69. The van der Waals surface area contributed by atoms with Gasteiger partial charge in [0.05, 0.1) is 11.4 Å². The Kier molecular flexibility index (Phi) is 6.93. The van der Waals surface area contributed by atoms with Crippen LogP contribution in [-0.4, -0.2) is 0 Å². The maximum atomic E-state index is 7.37. The lowest BCUT2D eigenvalue weighted by molar-refractivity contribution is -0.234. The zero-order chi connectivity index (χ0) is 39.8. The molecule has 0 saturated heterocycles. The predicted molar refractivity (Wildman–Crippen MR) is 239 cm³/mol. The van der Waals surface area contributed by atoms with Gasteiger partial charge in [-0.3, -0.25) is 0 Å². The van der Waals surface area contributed by atoms with Crippen molar-refractivity contribution in [3.05, 3.63) is 137 Å². The Morgan fingerprint density at radius 3 is 1.76 bits per heavy atom. The SMILES string of the molecule is CC1(C)CCC(C)(C)c2c(N(c3ccc4c(c3)Oc3cccc(-c5ccccc5)c3C43C4CC5CC6CC3C64C5)c3cccc4c3C(C)(C)CCC4(C)C)cccc21. The fraction of sp³-hybridized carbons (Fsp3) is 0.464. The van der Waals surface area contributed by atoms with Gasteiger partial charge < -0.3 is 9.64 Å². The van der Waals surface area contributed by atoms with Gasteiger partial charge in [-0.25, -0.2) is 0 Å². The smallest absolute Gasteiger partial charge is 0.133 e. The van der Waals surface area contributed by atoms with Crippen molar-refractivity contribution in [2.75, 3.05) is 4.90 Å². The van der Waals surface area contributed by atoms with Gasteiger partial charge >= 0.3 is 0 Å². The number of nitrogens with zero attached hydrogens (tertiary/aromatic N) is 1. The Bertz CT molecular complexity index is 2480. The van der Waals surface area contributed by atoms with E-state index in [0.29, 0.717) is 17.3 Å². The molecule has 1 aliphatic heterocycles. The summed E-state index contributed by atoms with van der Waals surface area (Å²) >= 11 is 0. The van der Waals surface area contributed by atoms with E-state index < -0.39 is 0 Å². The van der Waals surface area contributed by atoms with Crippen molar-refractivity contribution in [1.82, 2.24) is 0 Å². The molecule has 2 spiro atoms. The maximum absolute atomic E-state index is 7.37. The van der Waals surface area contributed by atoms with Gasteiger partial charge in [0.1, 0.15) is 11.5 Å². The molecule has 4 saturated carbocycles. The molecule has 5 aromatic carbocycles. The molecule has 12 rings (SSSR count). The fourth-order valence-electron chi connectivity index (χ4n) is 15.4. The number of hydrogen-bond acceptors (Lipinski definition) is 2. The van der Waals surface area contributed by atoms with Crippen LogP contribution in [0.5, 0.6) is 11.5 Å². The van der Waals surface area contributed by atoms with Crippen LogP contribution < -0.4 is 9.64 Å². The molecule has 0 aromatic heterocycles. The summed E-state index contributed by atoms with van der Waals surface area (Å²) in [6.07, 6.45) is 10.4. The summed E-state index contributed by atoms with van der Waals surface area (Å²) in [6, 6.07) is 40.1. The summed E-state index contributed by atoms with van der Waals surface area (Å²) in [5, 5.41) is 0. The first-order valence-corrected chi connectivity index (χ1v) is 22.8. The van der Waals surface area contributed by atoms with Gasteiger partial charge in [-0.15, -0.1) is 0 Å². The topological polar surface area (TPSA) is 12.5 Å². The van der Waals surface area contributed by atoms with Crippen molar-refractivity contribution in [3.8, 4) is 22.6 Å². The lowest BCUT2D eigenvalue weighted by Gasteiger charge is -2.77. The van der Waals surface area contributed by atoms with Crippen LogP contribution in [0.2, 0.25) is 0 Å². The predicted octanol–water partition coefficient (Wildman–Crippen LogP) is 15.0. The van der Waals surface area contributed by atoms with Crippen molar-refractivity contribution in [3.63, 3.8) is 0 Å². The standard InChI is InChI=1S/C56H61NO/c1-51(2)25-27-53(5,6)49-40(51)18-13-20-42(49)57(43-21-14-19-41-50(43)54(7,8)28-26-52(41,3)4)37-23-24-39-45(32-37)58-44-22-12-17-38(35-15-10-9-11-16-35)48(44)56(39)46-30-34-29-36-31-47(56)55(36,46)33-34/h9-24,32,34,36,46-47H,25-31,33H2,1-8H3. The monoisotopic (exact) mass is 763 g/mol. The first-order chi connectivity index (χ1) is 27.7. The van der Waals surface area contributed by atoms with Gasteiger partial charge in [-0.1, -0.05) is 128 Å². The van der Waals surface area contributed by atoms with E-state index in [4.69, 9.17) is 4.74 Å². The van der Waals surface area contributed by atoms with Crippen LogP contribution >= 0.6 is 0 Å². The molecule has 4 fully saturated rings. The minimum absolute atomic E-state index is 0.0137. The minimum atomic E-state index is -0.0137. The van der Waals surface area contributed by atoms with E-state index in [1.165, 1.54) is 113 Å². The molecule has 2 nitrogen and oxygen atoms in total. The average molecular weight is 764 g/mol. The summed E-state index contributed by atoms with van der Waals surface area (Å²) < 4.78 is 7.37. The molecule has 2 heteroatoms. The fourth-order valence-corrected chi connectivity index (χ4v) is 15.4. The second kappa shape index (κ2) is 11.3. The number of fused-ring (bicyclic) bond motifs is 9. The lowest BCUT2D eigenvalue weighted by atomic mass is 9.26. The molecule has 58 heavy (non-hydrogen) atoms. The van der Waals surface area contributed by atoms with Crippen LogP contribution in [0.4, 0.5) is 17.1 Å². The van der Waals surface area contributed by atoms with E-state index in [0.717, 1.165) is 23.3 Å². The summed E-state index contributed by atoms with van der Waals surface area (Å²) in [7, 11) is 0. The summed E-state index contributed by atoms with van der Waals surface area (Å²) in [5.74, 6) is 5.34. The molecule has 1 heterocycles. The van der Waals surface area contributed by atoms with Crippen molar-refractivity contribution in [1.29, 1.82) is 0 Å². The Morgan fingerprint density at radius 2 is 1.12 bits per heavy atom. The summed E-state index contributed by atoms with van der Waals surface area (Å²) in [5.41, 5.74) is 16.3. The Labute approximate surface area is 347 Å². The molecule has 0 amide bonds. The first-order valence-electron chi connectivity index (χ1n) is 22.8.